The maximum absolute atomic E-state index is 12.6. The highest BCUT2D eigenvalue weighted by Crippen LogP contribution is 2.27. The van der Waals surface area contributed by atoms with E-state index in [4.69, 9.17) is 4.42 Å². The number of nitrogens with one attached hydrogen (secondary N) is 2. The molecule has 0 aliphatic heterocycles. The second-order valence-electron chi connectivity index (χ2n) is 6.84. The summed E-state index contributed by atoms with van der Waals surface area (Å²) in [6, 6.07) is 7.29. The van der Waals surface area contributed by atoms with Crippen molar-refractivity contribution in [1.29, 1.82) is 5.26 Å². The van der Waals surface area contributed by atoms with Gasteiger partial charge in [-0.1, -0.05) is 25.1 Å². The minimum atomic E-state index is -0.293. The molecule has 30 heavy (non-hydrogen) atoms. The Kier molecular flexibility index (Phi) is 6.79. The Morgan fingerprint density at radius 3 is 2.90 bits per heavy atom. The molecule has 3 heterocycles. The van der Waals surface area contributed by atoms with Gasteiger partial charge in [0.2, 0.25) is 5.91 Å². The third-order valence-electron chi connectivity index (χ3n) is 4.71. The third-order valence-corrected chi connectivity index (χ3v) is 5.59. The first-order chi connectivity index (χ1) is 14.4. The zero-order valence-corrected chi connectivity index (χ0v) is 17.9. The SMILES string of the molecule is CCCc1cc(=O)[nH]c(SCC(=O)Nc2c(C#N)c(C)c(C)n2Cc2ccco2)n1. The number of aryl methyl sites for hydroxylation is 1. The lowest BCUT2D eigenvalue weighted by atomic mass is 10.2. The number of amides is 1. The fourth-order valence-electron chi connectivity index (χ4n) is 3.12. The first-order valence-electron chi connectivity index (χ1n) is 9.58. The van der Waals surface area contributed by atoms with Gasteiger partial charge in [0.15, 0.2) is 5.16 Å². The molecule has 3 aromatic rings. The Labute approximate surface area is 178 Å². The summed E-state index contributed by atoms with van der Waals surface area (Å²) in [7, 11) is 0. The van der Waals surface area contributed by atoms with E-state index >= 15 is 0 Å². The van der Waals surface area contributed by atoms with Crippen LogP contribution in [0.5, 0.6) is 0 Å². The van der Waals surface area contributed by atoms with Gasteiger partial charge in [-0.15, -0.1) is 0 Å². The van der Waals surface area contributed by atoms with Crippen molar-refractivity contribution >= 4 is 23.5 Å². The van der Waals surface area contributed by atoms with Crippen molar-refractivity contribution in [2.45, 2.75) is 45.3 Å². The van der Waals surface area contributed by atoms with Crippen LogP contribution >= 0.6 is 11.8 Å². The molecule has 0 aliphatic carbocycles. The van der Waals surface area contributed by atoms with E-state index in [0.717, 1.165) is 35.2 Å². The van der Waals surface area contributed by atoms with Crippen molar-refractivity contribution in [2.75, 3.05) is 11.1 Å². The van der Waals surface area contributed by atoms with Crippen molar-refractivity contribution < 1.29 is 9.21 Å². The van der Waals surface area contributed by atoms with Crippen LogP contribution in [0.2, 0.25) is 0 Å². The van der Waals surface area contributed by atoms with Crippen LogP contribution in [0, 0.1) is 25.2 Å². The molecule has 0 radical (unpaired) electrons. The van der Waals surface area contributed by atoms with Crippen molar-refractivity contribution in [3.8, 4) is 6.07 Å². The third kappa shape index (κ3) is 4.83. The molecule has 0 spiro atoms. The van der Waals surface area contributed by atoms with Gasteiger partial charge in [0.25, 0.3) is 5.56 Å². The topological polar surface area (TPSA) is 117 Å². The highest BCUT2D eigenvalue weighted by Gasteiger charge is 2.20. The summed E-state index contributed by atoms with van der Waals surface area (Å²) in [5.41, 5.74) is 2.58. The molecule has 3 aromatic heterocycles. The maximum Gasteiger partial charge on any atom is 0.251 e. The fourth-order valence-corrected chi connectivity index (χ4v) is 3.82. The van der Waals surface area contributed by atoms with E-state index in [0.29, 0.717) is 35.2 Å². The fraction of sp³-hybridized carbons (Fsp3) is 0.333. The first-order valence-corrected chi connectivity index (χ1v) is 10.6. The standard InChI is InChI=1S/C21H23N5O3S/c1-4-6-15-9-18(27)25-21(23-15)30-12-19(28)24-20-17(10-22)13(2)14(3)26(20)11-16-7-5-8-29-16/h5,7-9H,4,6,11-12H2,1-3H3,(H,24,28)(H,23,25,27). The molecule has 0 fully saturated rings. The average molecular weight is 426 g/mol. The lowest BCUT2D eigenvalue weighted by Crippen LogP contribution is -2.19. The number of thioether (sulfide) groups is 1. The van der Waals surface area contributed by atoms with Crippen LogP contribution in [-0.2, 0) is 17.8 Å². The van der Waals surface area contributed by atoms with Crippen LogP contribution in [0.25, 0.3) is 0 Å². The van der Waals surface area contributed by atoms with Crippen LogP contribution in [0.3, 0.4) is 0 Å². The number of nitrogens with zero attached hydrogens (tertiary/aromatic N) is 3. The van der Waals surface area contributed by atoms with Crippen LogP contribution in [0.4, 0.5) is 5.82 Å². The van der Waals surface area contributed by atoms with Crippen LogP contribution in [0.1, 0.15) is 41.6 Å². The van der Waals surface area contributed by atoms with E-state index < -0.39 is 0 Å². The number of nitriles is 1. The average Bonchev–Trinajstić information content (AvgIpc) is 3.29. The number of furan rings is 1. The quantitative estimate of drug-likeness (QED) is 0.422. The van der Waals surface area contributed by atoms with Crippen molar-refractivity contribution in [1.82, 2.24) is 14.5 Å². The van der Waals surface area contributed by atoms with Crippen LogP contribution in [-0.4, -0.2) is 26.2 Å². The summed E-state index contributed by atoms with van der Waals surface area (Å²) in [4.78, 5) is 31.4. The van der Waals surface area contributed by atoms with Crippen LogP contribution in [0.15, 0.2) is 38.8 Å². The molecule has 0 saturated carbocycles. The molecular formula is C21H23N5O3S. The Bertz CT molecular complexity index is 1140. The molecule has 156 valence electrons. The van der Waals surface area contributed by atoms with Gasteiger partial charge in [-0.25, -0.2) is 4.98 Å². The van der Waals surface area contributed by atoms with Gasteiger partial charge in [0.05, 0.1) is 24.1 Å². The van der Waals surface area contributed by atoms with Gasteiger partial charge in [0, 0.05) is 17.5 Å². The minimum absolute atomic E-state index is 0.0490. The molecule has 1 amide bonds. The van der Waals surface area contributed by atoms with Gasteiger partial charge in [-0.3, -0.25) is 9.59 Å². The number of carbonyl (C=O) groups is 1. The molecular weight excluding hydrogens is 402 g/mol. The maximum atomic E-state index is 12.6. The number of aromatic nitrogens is 3. The van der Waals surface area contributed by atoms with Gasteiger partial charge in [0.1, 0.15) is 17.6 Å². The molecule has 0 atom stereocenters. The molecule has 0 aromatic carbocycles. The highest BCUT2D eigenvalue weighted by molar-refractivity contribution is 7.99. The van der Waals surface area contributed by atoms with Crippen molar-refractivity contribution in [3.63, 3.8) is 0 Å². The summed E-state index contributed by atoms with van der Waals surface area (Å²) in [5, 5.41) is 12.9. The van der Waals surface area contributed by atoms with Gasteiger partial charge in [-0.2, -0.15) is 5.26 Å². The normalized spacial score (nSPS) is 10.7. The molecule has 0 aliphatic rings. The second kappa shape index (κ2) is 9.50. The van der Waals surface area contributed by atoms with E-state index in [2.05, 4.69) is 21.4 Å². The van der Waals surface area contributed by atoms with Gasteiger partial charge < -0.3 is 19.3 Å². The number of hydrogen-bond acceptors (Lipinski definition) is 6. The molecule has 0 saturated heterocycles. The molecule has 2 N–H and O–H groups in total. The van der Waals surface area contributed by atoms with E-state index in [1.54, 1.807) is 12.3 Å². The predicted octanol–water partition coefficient (Wildman–Crippen LogP) is 3.38. The van der Waals surface area contributed by atoms with E-state index in [-0.39, 0.29) is 17.2 Å². The largest absolute Gasteiger partial charge is 0.467 e. The monoisotopic (exact) mass is 425 g/mol. The van der Waals surface area contributed by atoms with Crippen LogP contribution < -0.4 is 10.9 Å². The highest BCUT2D eigenvalue weighted by atomic mass is 32.2. The predicted molar refractivity (Wildman–Crippen MR) is 115 cm³/mol. The summed E-state index contributed by atoms with van der Waals surface area (Å²) in [5.74, 6) is 0.916. The smallest absolute Gasteiger partial charge is 0.251 e. The summed E-state index contributed by atoms with van der Waals surface area (Å²) >= 11 is 1.15. The summed E-state index contributed by atoms with van der Waals surface area (Å²) in [6.45, 7) is 6.16. The van der Waals surface area contributed by atoms with E-state index in [1.165, 1.54) is 6.07 Å². The number of anilines is 1. The number of carbonyl (C=O) groups excluding carboxylic acids is 1. The Hall–Kier alpha value is -3.25. The second-order valence-corrected chi connectivity index (χ2v) is 7.80. The number of hydrogen-bond donors (Lipinski definition) is 2. The Morgan fingerprint density at radius 1 is 1.43 bits per heavy atom. The summed E-state index contributed by atoms with van der Waals surface area (Å²) < 4.78 is 7.28. The van der Waals surface area contributed by atoms with Crippen molar-refractivity contribution in [2.24, 2.45) is 0 Å². The van der Waals surface area contributed by atoms with Gasteiger partial charge in [-0.05, 0) is 38.0 Å². The molecule has 0 bridgehead atoms. The number of rotatable bonds is 8. The Balaban J connectivity index is 1.77. The number of aromatic amines is 1. The molecule has 0 unspecified atom stereocenters. The van der Waals surface area contributed by atoms with Crippen molar-refractivity contribution in [3.05, 3.63) is 63.1 Å². The molecule has 9 heteroatoms. The van der Waals surface area contributed by atoms with E-state index in [9.17, 15) is 14.9 Å². The number of H-pyrrole nitrogens is 1. The zero-order valence-electron chi connectivity index (χ0n) is 17.1. The molecule has 3 rings (SSSR count). The first kappa shape index (κ1) is 21.5. The zero-order chi connectivity index (χ0) is 21.7. The lowest BCUT2D eigenvalue weighted by Gasteiger charge is -2.12. The summed E-state index contributed by atoms with van der Waals surface area (Å²) in [6.07, 6.45) is 3.17. The van der Waals surface area contributed by atoms with E-state index in [1.807, 2.05) is 31.4 Å². The minimum Gasteiger partial charge on any atom is -0.467 e. The Morgan fingerprint density at radius 2 is 2.23 bits per heavy atom. The lowest BCUT2D eigenvalue weighted by molar-refractivity contribution is -0.113. The van der Waals surface area contributed by atoms with Gasteiger partial charge >= 0.3 is 0 Å². The molecule has 8 nitrogen and oxygen atoms in total.